The number of ether oxygens (including phenoxy) is 3. The molecule has 2 aromatic rings. The van der Waals surface area contributed by atoms with Gasteiger partial charge in [-0.2, -0.15) is 8.78 Å². The number of halogens is 4. The van der Waals surface area contributed by atoms with E-state index in [1.807, 2.05) is 0 Å². The zero-order valence-corrected chi connectivity index (χ0v) is 15.4. The summed E-state index contributed by atoms with van der Waals surface area (Å²) in [6.07, 6.45) is -1.29. The van der Waals surface area contributed by atoms with E-state index in [0.717, 1.165) is 30.3 Å². The van der Waals surface area contributed by atoms with Crippen molar-refractivity contribution in [3.8, 4) is 11.5 Å². The summed E-state index contributed by atoms with van der Waals surface area (Å²) in [6, 6.07) is 6.17. The number of anilines is 1. The number of alkyl halides is 2. The lowest BCUT2D eigenvalue weighted by molar-refractivity contribution is -0.123. The van der Waals surface area contributed by atoms with E-state index < -0.39 is 36.2 Å². The molecule has 0 bridgehead atoms. The Labute approximate surface area is 163 Å². The van der Waals surface area contributed by atoms with Crippen molar-refractivity contribution in [2.45, 2.75) is 26.6 Å². The number of nitrogens with one attached hydrogen (secondary N) is 1. The minimum Gasteiger partial charge on any atom is -0.490 e. The molecule has 6 nitrogen and oxygen atoms in total. The highest BCUT2D eigenvalue weighted by molar-refractivity contribution is 5.97. The van der Waals surface area contributed by atoms with Crippen molar-refractivity contribution in [1.29, 1.82) is 0 Å². The smallest absolute Gasteiger partial charge is 0.387 e. The van der Waals surface area contributed by atoms with Gasteiger partial charge < -0.3 is 19.5 Å². The molecule has 1 N–H and O–H groups in total. The molecular weight excluding hydrogens is 398 g/mol. The van der Waals surface area contributed by atoms with Gasteiger partial charge in [0, 0.05) is 11.8 Å². The third-order valence-electron chi connectivity index (χ3n) is 3.54. The van der Waals surface area contributed by atoms with Gasteiger partial charge in [0.15, 0.2) is 29.2 Å². The number of hydrogen-bond acceptors (Lipinski definition) is 5. The van der Waals surface area contributed by atoms with E-state index in [9.17, 15) is 27.2 Å². The molecule has 1 amide bonds. The number of carbonyl (C=O) groups is 2. The van der Waals surface area contributed by atoms with Crippen molar-refractivity contribution in [2.75, 3.05) is 11.9 Å². The molecule has 29 heavy (non-hydrogen) atoms. The molecule has 0 unspecified atom stereocenters. The second-order valence-electron chi connectivity index (χ2n) is 5.64. The first-order valence-electron chi connectivity index (χ1n) is 8.39. The Morgan fingerprint density at radius 1 is 1.03 bits per heavy atom. The van der Waals surface area contributed by atoms with Crippen molar-refractivity contribution in [3.63, 3.8) is 0 Å². The topological polar surface area (TPSA) is 73.9 Å². The molecule has 0 aliphatic carbocycles. The van der Waals surface area contributed by atoms with Crippen LogP contribution in [0.2, 0.25) is 0 Å². The van der Waals surface area contributed by atoms with Gasteiger partial charge in [0.1, 0.15) is 0 Å². The molecule has 0 saturated carbocycles. The molecule has 0 aliphatic heterocycles. The summed E-state index contributed by atoms with van der Waals surface area (Å²) in [5, 5.41) is 2.28. The molecule has 156 valence electrons. The van der Waals surface area contributed by atoms with Gasteiger partial charge in [-0.15, -0.1) is 0 Å². The van der Waals surface area contributed by atoms with Crippen LogP contribution in [0.4, 0.5) is 23.2 Å². The van der Waals surface area contributed by atoms with Gasteiger partial charge >= 0.3 is 12.6 Å². The highest BCUT2D eigenvalue weighted by atomic mass is 19.3. The van der Waals surface area contributed by atoms with E-state index in [0.29, 0.717) is 0 Å². The van der Waals surface area contributed by atoms with Crippen LogP contribution < -0.4 is 14.8 Å². The summed E-state index contributed by atoms with van der Waals surface area (Å²) in [5.41, 5.74) is -0.0912. The van der Waals surface area contributed by atoms with Crippen LogP contribution in [0.3, 0.4) is 0 Å². The zero-order valence-electron chi connectivity index (χ0n) is 15.4. The largest absolute Gasteiger partial charge is 0.490 e. The average Bonchev–Trinajstić information content (AvgIpc) is 2.65. The van der Waals surface area contributed by atoms with E-state index >= 15 is 0 Å². The lowest BCUT2D eigenvalue weighted by atomic mass is 10.2. The van der Waals surface area contributed by atoms with Crippen LogP contribution in [0, 0.1) is 11.6 Å². The predicted molar refractivity (Wildman–Crippen MR) is 94.1 cm³/mol. The van der Waals surface area contributed by atoms with E-state index in [2.05, 4.69) is 10.1 Å². The molecule has 0 aliphatic rings. The fourth-order valence-electron chi connectivity index (χ4n) is 2.20. The second-order valence-corrected chi connectivity index (χ2v) is 5.64. The number of carbonyl (C=O) groups excluding carboxylic acids is 2. The van der Waals surface area contributed by atoms with Crippen LogP contribution in [0.5, 0.6) is 11.5 Å². The van der Waals surface area contributed by atoms with E-state index in [1.165, 1.54) is 13.0 Å². The Morgan fingerprint density at radius 3 is 2.38 bits per heavy atom. The van der Waals surface area contributed by atoms with Gasteiger partial charge in [-0.25, -0.2) is 13.6 Å². The van der Waals surface area contributed by atoms with Gasteiger partial charge in [-0.3, -0.25) is 4.79 Å². The molecule has 0 fully saturated rings. The standard InChI is InChI=1S/C19H17F4NO5/c1-3-27-16-8-11(4-7-15(16)29-19(22)23)18(26)28-10(2)17(25)24-12-5-6-13(20)14(21)9-12/h4-10,19H,3H2,1-2H3,(H,24,25)/t10-/m0/s1. The van der Waals surface area contributed by atoms with E-state index in [-0.39, 0.29) is 29.4 Å². The van der Waals surface area contributed by atoms with Crippen LogP contribution in [-0.4, -0.2) is 31.2 Å². The van der Waals surface area contributed by atoms with Gasteiger partial charge in [-0.1, -0.05) is 0 Å². The Kier molecular flexibility index (Phi) is 7.40. The fourth-order valence-corrected chi connectivity index (χ4v) is 2.20. The predicted octanol–water partition coefficient (Wildman–Crippen LogP) is 4.15. The number of rotatable bonds is 8. The highest BCUT2D eigenvalue weighted by Gasteiger charge is 2.21. The first-order chi connectivity index (χ1) is 13.7. The number of amides is 1. The molecule has 0 aromatic heterocycles. The maximum atomic E-state index is 13.2. The van der Waals surface area contributed by atoms with E-state index in [1.54, 1.807) is 6.92 Å². The molecular formula is C19H17F4NO5. The van der Waals surface area contributed by atoms with Crippen molar-refractivity contribution < 1.29 is 41.4 Å². The van der Waals surface area contributed by atoms with Crippen molar-refractivity contribution in [3.05, 3.63) is 53.6 Å². The van der Waals surface area contributed by atoms with Gasteiger partial charge in [0.2, 0.25) is 0 Å². The minimum atomic E-state index is -3.08. The average molecular weight is 415 g/mol. The van der Waals surface area contributed by atoms with Gasteiger partial charge in [0.25, 0.3) is 5.91 Å². The third-order valence-corrected chi connectivity index (χ3v) is 3.54. The zero-order chi connectivity index (χ0) is 21.6. The summed E-state index contributed by atoms with van der Waals surface area (Å²) in [6.45, 7) is -0.0651. The fraction of sp³-hybridized carbons (Fsp3) is 0.263. The Morgan fingerprint density at radius 2 is 1.76 bits per heavy atom. The van der Waals surface area contributed by atoms with E-state index in [4.69, 9.17) is 9.47 Å². The number of benzene rings is 2. The Bertz CT molecular complexity index is 891. The minimum absolute atomic E-state index is 0.0241. The van der Waals surface area contributed by atoms with Crippen LogP contribution in [0.25, 0.3) is 0 Å². The summed E-state index contributed by atoms with van der Waals surface area (Å²) >= 11 is 0. The van der Waals surface area contributed by atoms with Crippen LogP contribution >= 0.6 is 0 Å². The third kappa shape index (κ3) is 6.09. The van der Waals surface area contributed by atoms with Crippen LogP contribution in [0.15, 0.2) is 36.4 Å². The first kappa shape index (κ1) is 22.0. The van der Waals surface area contributed by atoms with Crippen LogP contribution in [0.1, 0.15) is 24.2 Å². The summed E-state index contributed by atoms with van der Waals surface area (Å²) in [7, 11) is 0. The van der Waals surface area contributed by atoms with Crippen molar-refractivity contribution in [1.82, 2.24) is 0 Å². The quantitative estimate of drug-likeness (QED) is 0.518. The monoisotopic (exact) mass is 415 g/mol. The van der Waals surface area contributed by atoms with Crippen LogP contribution in [-0.2, 0) is 9.53 Å². The first-order valence-corrected chi connectivity index (χ1v) is 8.39. The van der Waals surface area contributed by atoms with Gasteiger partial charge in [0.05, 0.1) is 12.2 Å². The maximum absolute atomic E-state index is 13.2. The molecule has 10 heteroatoms. The highest BCUT2D eigenvalue weighted by Crippen LogP contribution is 2.30. The summed E-state index contributed by atoms with van der Waals surface area (Å²) in [4.78, 5) is 24.3. The normalized spacial score (nSPS) is 11.7. The maximum Gasteiger partial charge on any atom is 0.387 e. The Balaban J connectivity index is 2.06. The Hall–Kier alpha value is -3.30. The molecule has 0 saturated heterocycles. The molecule has 1 atom stereocenters. The second kappa shape index (κ2) is 9.76. The lowest BCUT2D eigenvalue weighted by Crippen LogP contribution is -2.30. The molecule has 0 radical (unpaired) electrons. The summed E-state index contributed by atoms with van der Waals surface area (Å²) < 4.78 is 65.5. The van der Waals surface area contributed by atoms with Gasteiger partial charge in [-0.05, 0) is 44.2 Å². The molecule has 2 rings (SSSR count). The molecule has 0 spiro atoms. The summed E-state index contributed by atoms with van der Waals surface area (Å²) in [5.74, 6) is -4.30. The lowest BCUT2D eigenvalue weighted by Gasteiger charge is -2.15. The van der Waals surface area contributed by atoms with Crippen molar-refractivity contribution in [2.24, 2.45) is 0 Å². The number of esters is 1. The SMILES string of the molecule is CCOc1cc(C(=O)O[C@@H](C)C(=O)Nc2ccc(F)c(F)c2)ccc1OC(F)F. The number of hydrogen-bond donors (Lipinski definition) is 1. The molecule has 2 aromatic carbocycles. The van der Waals surface area contributed by atoms with Crippen molar-refractivity contribution >= 4 is 17.6 Å². The molecule has 0 heterocycles.